The third-order valence-electron chi connectivity index (χ3n) is 3.38. The SMILES string of the molecule is CC(C)COc1c(Cl)cc(/C=C(\C#N)C(=O)Nc2ccccc2Cl)cc1Cl. The Morgan fingerprint density at radius 2 is 1.81 bits per heavy atom. The molecule has 1 N–H and O–H groups in total. The zero-order valence-corrected chi connectivity index (χ0v) is 17.0. The largest absolute Gasteiger partial charge is 0.490 e. The molecule has 0 aliphatic carbocycles. The molecule has 0 aliphatic heterocycles. The van der Waals surface area contributed by atoms with E-state index in [-0.39, 0.29) is 5.57 Å². The molecule has 0 aromatic heterocycles. The van der Waals surface area contributed by atoms with E-state index in [2.05, 4.69) is 5.32 Å². The van der Waals surface area contributed by atoms with Gasteiger partial charge in [0.15, 0.2) is 5.75 Å². The van der Waals surface area contributed by atoms with Crippen LogP contribution in [0.1, 0.15) is 19.4 Å². The monoisotopic (exact) mass is 422 g/mol. The fourth-order valence-electron chi connectivity index (χ4n) is 2.12. The molecule has 2 rings (SSSR count). The van der Waals surface area contributed by atoms with Crippen molar-refractivity contribution in [3.63, 3.8) is 0 Å². The van der Waals surface area contributed by atoms with E-state index in [1.807, 2.05) is 19.9 Å². The lowest BCUT2D eigenvalue weighted by atomic mass is 10.1. The number of anilines is 1. The highest BCUT2D eigenvalue weighted by atomic mass is 35.5. The van der Waals surface area contributed by atoms with Gasteiger partial charge in [0.05, 0.1) is 27.4 Å². The number of nitrogens with one attached hydrogen (secondary N) is 1. The number of benzene rings is 2. The molecule has 27 heavy (non-hydrogen) atoms. The summed E-state index contributed by atoms with van der Waals surface area (Å²) in [5.74, 6) is 0.108. The first kappa shape index (κ1) is 21.1. The Morgan fingerprint density at radius 1 is 1.19 bits per heavy atom. The lowest BCUT2D eigenvalue weighted by molar-refractivity contribution is -0.112. The van der Waals surface area contributed by atoms with E-state index in [9.17, 15) is 10.1 Å². The number of hydrogen-bond donors (Lipinski definition) is 1. The lowest BCUT2D eigenvalue weighted by Crippen LogP contribution is -2.13. The smallest absolute Gasteiger partial charge is 0.266 e. The minimum absolute atomic E-state index is 0.113. The van der Waals surface area contributed by atoms with Crippen LogP contribution in [0, 0.1) is 17.2 Å². The normalized spacial score (nSPS) is 11.2. The number of rotatable bonds is 6. The molecule has 0 bridgehead atoms. The second-order valence-corrected chi connectivity index (χ2v) is 7.34. The van der Waals surface area contributed by atoms with Gasteiger partial charge in [0.25, 0.3) is 5.91 Å². The number of hydrogen-bond acceptors (Lipinski definition) is 3. The summed E-state index contributed by atoms with van der Waals surface area (Å²) in [7, 11) is 0. The van der Waals surface area contributed by atoms with Crippen LogP contribution in [0.4, 0.5) is 5.69 Å². The van der Waals surface area contributed by atoms with E-state index < -0.39 is 5.91 Å². The van der Waals surface area contributed by atoms with E-state index in [4.69, 9.17) is 39.5 Å². The predicted octanol–water partition coefficient (Wildman–Crippen LogP) is 6.23. The maximum atomic E-state index is 12.4. The third kappa shape index (κ3) is 5.90. The number of nitriles is 1. The van der Waals surface area contributed by atoms with E-state index >= 15 is 0 Å². The van der Waals surface area contributed by atoms with Crippen molar-refractivity contribution in [1.82, 2.24) is 0 Å². The fourth-order valence-corrected chi connectivity index (χ4v) is 2.91. The Morgan fingerprint density at radius 3 is 2.37 bits per heavy atom. The average Bonchev–Trinajstić information content (AvgIpc) is 2.60. The topological polar surface area (TPSA) is 62.1 Å². The van der Waals surface area contributed by atoms with Crippen molar-refractivity contribution in [2.45, 2.75) is 13.8 Å². The molecule has 2 aromatic rings. The van der Waals surface area contributed by atoms with Crippen LogP contribution >= 0.6 is 34.8 Å². The average molecular weight is 424 g/mol. The summed E-state index contributed by atoms with van der Waals surface area (Å²) in [6.07, 6.45) is 1.40. The molecule has 0 unspecified atom stereocenters. The summed E-state index contributed by atoms with van der Waals surface area (Å²) in [4.78, 5) is 12.4. The maximum Gasteiger partial charge on any atom is 0.266 e. The molecule has 0 radical (unpaired) electrons. The molecule has 1 amide bonds. The van der Waals surface area contributed by atoms with Crippen molar-refractivity contribution in [2.75, 3.05) is 11.9 Å². The van der Waals surface area contributed by atoms with Gasteiger partial charge in [-0.05, 0) is 41.8 Å². The van der Waals surface area contributed by atoms with Gasteiger partial charge in [-0.3, -0.25) is 4.79 Å². The van der Waals surface area contributed by atoms with Crippen LogP contribution < -0.4 is 10.1 Å². The quantitative estimate of drug-likeness (QED) is 0.442. The molecule has 0 spiro atoms. The van der Waals surface area contributed by atoms with E-state index in [1.165, 1.54) is 6.08 Å². The van der Waals surface area contributed by atoms with Crippen molar-refractivity contribution >= 4 is 52.5 Å². The number of nitrogens with zero attached hydrogens (tertiary/aromatic N) is 1. The second kappa shape index (κ2) is 9.66. The maximum absolute atomic E-state index is 12.4. The van der Waals surface area contributed by atoms with Crippen molar-refractivity contribution in [3.05, 3.63) is 62.6 Å². The predicted molar refractivity (Wildman–Crippen MR) is 110 cm³/mol. The molecule has 7 heteroatoms. The zero-order chi connectivity index (χ0) is 20.0. The Bertz CT molecular complexity index is 895. The van der Waals surface area contributed by atoms with E-state index in [0.717, 1.165) is 0 Å². The van der Waals surface area contributed by atoms with Crippen LogP contribution in [0.3, 0.4) is 0 Å². The third-order valence-corrected chi connectivity index (χ3v) is 4.27. The molecule has 0 saturated carbocycles. The number of amides is 1. The molecule has 0 saturated heterocycles. The molecule has 0 aliphatic rings. The summed E-state index contributed by atoms with van der Waals surface area (Å²) in [5.41, 5.74) is 0.810. The highest BCUT2D eigenvalue weighted by molar-refractivity contribution is 6.37. The van der Waals surface area contributed by atoms with Crippen LogP contribution in [-0.2, 0) is 4.79 Å². The first-order valence-corrected chi connectivity index (χ1v) is 9.24. The van der Waals surface area contributed by atoms with E-state index in [0.29, 0.717) is 44.6 Å². The number of carbonyl (C=O) groups is 1. The first-order chi connectivity index (χ1) is 12.8. The highest BCUT2D eigenvalue weighted by Crippen LogP contribution is 2.35. The number of carbonyl (C=O) groups excluding carboxylic acids is 1. The molecule has 0 heterocycles. The van der Waals surface area contributed by atoms with E-state index in [1.54, 1.807) is 36.4 Å². The molecule has 0 atom stereocenters. The van der Waals surface area contributed by atoms with Gasteiger partial charge in [0.1, 0.15) is 11.6 Å². The van der Waals surface area contributed by atoms with Gasteiger partial charge in [-0.1, -0.05) is 60.8 Å². The van der Waals surface area contributed by atoms with Crippen molar-refractivity contribution in [3.8, 4) is 11.8 Å². The summed E-state index contributed by atoms with van der Waals surface area (Å²) < 4.78 is 5.61. The number of halogens is 3. The molecule has 4 nitrogen and oxygen atoms in total. The highest BCUT2D eigenvalue weighted by Gasteiger charge is 2.14. The number of para-hydroxylation sites is 1. The summed E-state index contributed by atoms with van der Waals surface area (Å²) >= 11 is 18.5. The summed E-state index contributed by atoms with van der Waals surface area (Å²) in [5, 5.41) is 12.9. The van der Waals surface area contributed by atoms with Gasteiger partial charge in [-0.25, -0.2) is 0 Å². The summed E-state index contributed by atoms with van der Waals surface area (Å²) in [6, 6.07) is 11.8. The van der Waals surface area contributed by atoms with Gasteiger partial charge < -0.3 is 10.1 Å². The lowest BCUT2D eigenvalue weighted by Gasteiger charge is -2.12. The Hall–Kier alpha value is -2.19. The molecular formula is C20H17Cl3N2O2. The summed E-state index contributed by atoms with van der Waals surface area (Å²) in [6.45, 7) is 4.49. The van der Waals surface area contributed by atoms with Crippen LogP contribution in [0.2, 0.25) is 15.1 Å². The molecule has 0 fully saturated rings. The molecular weight excluding hydrogens is 407 g/mol. The number of ether oxygens (including phenoxy) is 1. The van der Waals surface area contributed by atoms with Gasteiger partial charge in [-0.15, -0.1) is 0 Å². The van der Waals surface area contributed by atoms with Crippen LogP contribution in [0.5, 0.6) is 5.75 Å². The van der Waals surface area contributed by atoms with Gasteiger partial charge in [0.2, 0.25) is 0 Å². The van der Waals surface area contributed by atoms with Gasteiger partial charge in [-0.2, -0.15) is 5.26 Å². The second-order valence-electron chi connectivity index (χ2n) is 6.12. The van der Waals surface area contributed by atoms with Crippen molar-refractivity contribution in [1.29, 1.82) is 5.26 Å². The first-order valence-electron chi connectivity index (χ1n) is 8.11. The minimum atomic E-state index is -0.585. The van der Waals surface area contributed by atoms with Crippen LogP contribution in [0.25, 0.3) is 6.08 Å². The Kier molecular flexibility index (Phi) is 7.55. The molecule has 140 valence electrons. The van der Waals surface area contributed by atoms with Crippen molar-refractivity contribution in [2.24, 2.45) is 5.92 Å². The zero-order valence-electron chi connectivity index (χ0n) is 14.7. The van der Waals surface area contributed by atoms with Gasteiger partial charge >= 0.3 is 0 Å². The molecule has 2 aromatic carbocycles. The van der Waals surface area contributed by atoms with Crippen LogP contribution in [0.15, 0.2) is 42.0 Å². The standard InChI is InChI=1S/C20H17Cl3N2O2/c1-12(2)11-27-19-16(22)8-13(9-17(19)23)7-14(10-24)20(26)25-18-6-4-3-5-15(18)21/h3-9,12H,11H2,1-2H3,(H,25,26)/b14-7+. The van der Waals surface area contributed by atoms with Crippen LogP contribution in [-0.4, -0.2) is 12.5 Å². The minimum Gasteiger partial charge on any atom is -0.490 e. The van der Waals surface area contributed by atoms with Crippen molar-refractivity contribution < 1.29 is 9.53 Å². The Balaban J connectivity index is 2.25. The Labute approximate surface area is 173 Å². The fraction of sp³-hybridized carbons (Fsp3) is 0.200. The van der Waals surface area contributed by atoms with Gasteiger partial charge in [0, 0.05) is 0 Å².